The van der Waals surface area contributed by atoms with E-state index in [-0.39, 0.29) is 94.7 Å². The van der Waals surface area contributed by atoms with Crippen LogP contribution < -0.4 is 10.5 Å². The molecule has 2 N–H and O–H groups in total. The maximum absolute atomic E-state index is 13.6. The average molecular weight is 1710 g/mol. The van der Waals surface area contributed by atoms with Gasteiger partial charge in [-0.25, -0.2) is 4.79 Å². The fraction of sp³-hybridized carbons (Fsp3) is 0.539. The van der Waals surface area contributed by atoms with E-state index in [1.54, 1.807) is 37.1 Å². The van der Waals surface area contributed by atoms with Gasteiger partial charge in [0.05, 0.1) is 29.4 Å². The smallest absolute Gasteiger partial charge is 0.406 e. The lowest BCUT2D eigenvalue weighted by atomic mass is 9.82. The van der Waals surface area contributed by atoms with Crippen LogP contribution in [-0.2, 0) is 30.1 Å². The highest BCUT2D eigenvalue weighted by Gasteiger charge is 2.44. The van der Waals surface area contributed by atoms with E-state index in [2.05, 4.69) is 118 Å². The molecule has 18 nitrogen and oxygen atoms in total. The van der Waals surface area contributed by atoms with Gasteiger partial charge in [-0.1, -0.05) is 151 Å². The molecule has 116 heavy (non-hydrogen) atoms. The summed E-state index contributed by atoms with van der Waals surface area (Å²) in [6.45, 7) is 28.2. The van der Waals surface area contributed by atoms with Crippen LogP contribution in [0.5, 0.6) is 5.75 Å². The number of halogens is 9. The van der Waals surface area contributed by atoms with Crippen molar-refractivity contribution in [1.29, 1.82) is 0 Å². The summed E-state index contributed by atoms with van der Waals surface area (Å²) in [6.07, 6.45) is 0.0474. The molecule has 2 unspecified atom stereocenters. The number of ether oxygens (including phenoxy) is 1. The highest BCUT2D eigenvalue weighted by molar-refractivity contribution is 9.10. The summed E-state index contributed by atoms with van der Waals surface area (Å²) >= 11 is 15.8. The lowest BCUT2D eigenvalue weighted by Crippen LogP contribution is -2.60. The third-order valence-electron chi connectivity index (χ3n) is 23.9. The van der Waals surface area contributed by atoms with Crippen LogP contribution in [0.3, 0.4) is 0 Å². The molecule has 0 saturated carbocycles. The van der Waals surface area contributed by atoms with Crippen molar-refractivity contribution in [2.24, 2.45) is 40.7 Å². The Morgan fingerprint density at radius 2 is 0.897 bits per heavy atom. The number of likely N-dealkylation sites (tertiary alicyclic amines) is 3. The molecular weight excluding hydrogens is 1600 g/mol. The Kier molecular flexibility index (Phi) is 31.8. The molecule has 5 aromatic carbocycles. The number of primary amides is 1. The maximum Gasteiger partial charge on any atom is 0.573 e. The number of nitrogens with zero attached hydrogens (tertiary/aromatic N) is 10. The Morgan fingerprint density at radius 3 is 1.32 bits per heavy atom. The lowest BCUT2D eigenvalue weighted by Gasteiger charge is -2.50. The van der Waals surface area contributed by atoms with Crippen LogP contribution >= 0.6 is 39.1 Å². The number of hydrogen-bond acceptors (Lipinski definition) is 11. The van der Waals surface area contributed by atoms with Crippen molar-refractivity contribution < 1.29 is 59.8 Å². The van der Waals surface area contributed by atoms with Crippen molar-refractivity contribution in [3.63, 3.8) is 0 Å². The Labute approximate surface area is 698 Å². The van der Waals surface area contributed by atoms with Crippen molar-refractivity contribution in [1.82, 2.24) is 49.1 Å². The van der Waals surface area contributed by atoms with E-state index in [0.29, 0.717) is 96.5 Å². The fourth-order valence-electron chi connectivity index (χ4n) is 17.5. The summed E-state index contributed by atoms with van der Waals surface area (Å²) in [6, 6.07) is 40.4. The van der Waals surface area contributed by atoms with Crippen LogP contribution in [0.15, 0.2) is 150 Å². The number of carbonyl (C=O) groups excluding carboxylic acids is 6. The first-order valence-corrected chi connectivity index (χ1v) is 42.4. The molecule has 0 bridgehead atoms. The standard InChI is InChI=1S/C30H39Cl2N3O2.C30H39F3N4O3.C29H36BrF3N4O2/c1-21(2)18-28-20-34(16-17-35(28)29(37)19-23-12-14-33(15-13-23)22(3)36)30(24-4-8-26(31)9-5-24)25-6-10-27(32)11-7-25;1-29(2,3)25-20-36(17-18-37(25)26(38)19-21-13-15-35(16-14-21)28(34)39)27(22-7-5-4-6-8-22)23-9-11-24(12-10-23)40-30(31,32)33;1-19(2)26-18-36(14-15-37(26)27(39)16-21-10-12-35(13-11-21)20(3)38)28(25-9-8-24(30)17-34-25)22-4-6-23(7-5-22)29(31,32)33/h4-11,21,23,28,30H,12-20H2,1-3H3;4-12,21,25,27H,13-20H2,1-3H3,(H2,34,39);4-9,17,19,21,26,28H,10-16,18H2,1-3H3/t28-;25-,27?;26-,28?/m011/s1. The van der Waals surface area contributed by atoms with E-state index >= 15 is 0 Å². The number of hydrogen-bond donors (Lipinski definition) is 1. The fourth-order valence-corrected chi connectivity index (χ4v) is 18.0. The van der Waals surface area contributed by atoms with Gasteiger partial charge in [-0.15, -0.1) is 13.2 Å². The van der Waals surface area contributed by atoms with Crippen LogP contribution in [0, 0.1) is 35.0 Å². The van der Waals surface area contributed by atoms with Crippen LogP contribution in [0.2, 0.25) is 10.0 Å². The van der Waals surface area contributed by atoms with Gasteiger partial charge in [-0.3, -0.25) is 43.7 Å². The van der Waals surface area contributed by atoms with Gasteiger partial charge in [0, 0.05) is 170 Å². The molecule has 0 radical (unpaired) electrons. The first-order valence-electron chi connectivity index (χ1n) is 40.8. The number of pyridine rings is 1. The molecule has 5 atom stereocenters. The van der Waals surface area contributed by atoms with Gasteiger partial charge < -0.3 is 39.9 Å². The predicted octanol–water partition coefficient (Wildman–Crippen LogP) is 17.5. The van der Waals surface area contributed by atoms with Gasteiger partial charge >= 0.3 is 18.6 Å². The summed E-state index contributed by atoms with van der Waals surface area (Å²) in [5.74, 6) is 2.02. The molecule has 7 amide bonds. The first kappa shape index (κ1) is 90.5. The van der Waals surface area contributed by atoms with E-state index < -0.39 is 24.1 Å². The predicted molar refractivity (Wildman–Crippen MR) is 444 cm³/mol. The Morgan fingerprint density at radius 1 is 0.491 bits per heavy atom. The quantitative estimate of drug-likeness (QED) is 0.0763. The van der Waals surface area contributed by atoms with Gasteiger partial charge in [0.1, 0.15) is 5.75 Å². The average Bonchev–Trinajstić information content (AvgIpc) is 0.786. The number of amides is 7. The molecule has 6 aromatic rings. The number of piperazine rings is 3. The van der Waals surface area contributed by atoms with E-state index in [1.165, 1.54) is 35.4 Å². The summed E-state index contributed by atoms with van der Waals surface area (Å²) in [5, 5.41) is 1.45. The van der Waals surface area contributed by atoms with Crippen LogP contribution in [0.25, 0.3) is 0 Å². The zero-order valence-electron chi connectivity index (χ0n) is 68.2. The molecule has 630 valence electrons. The van der Waals surface area contributed by atoms with Crippen molar-refractivity contribution in [3.05, 3.63) is 199 Å². The SMILES string of the molecule is CC(=O)N1CCC(CC(=O)N2CCN(C(c3ccc(C(F)(F)F)cc3)c3ccc(Br)cn3)C[C@@H]2C(C)C)CC1.CC(=O)N1CCC(CC(=O)N2CCN(C(c3ccc(Cl)cc3)c3ccc(Cl)cc3)C[C@@H]2CC(C)C)CC1.CC(C)(C)[C@H]1CN(C(c2ccccc2)c2ccc(OC(F)(F)F)cc2)CCN1C(=O)CC1CCN(C(N)=O)CC1. The number of aromatic nitrogens is 1. The van der Waals surface area contributed by atoms with Crippen molar-refractivity contribution in [2.45, 2.75) is 175 Å². The van der Waals surface area contributed by atoms with E-state index in [4.69, 9.17) is 28.9 Å². The number of alkyl halides is 6. The van der Waals surface area contributed by atoms with E-state index in [1.807, 2.05) is 86.3 Å². The highest BCUT2D eigenvalue weighted by atomic mass is 79.9. The second kappa shape index (κ2) is 40.8. The summed E-state index contributed by atoms with van der Waals surface area (Å²) < 4.78 is 82.8. The highest BCUT2D eigenvalue weighted by Crippen LogP contribution is 2.41. The lowest BCUT2D eigenvalue weighted by molar-refractivity contribution is -0.274. The van der Waals surface area contributed by atoms with Gasteiger partial charge in [-0.05, 0) is 184 Å². The Bertz CT molecular complexity index is 4140. The number of benzene rings is 5. The van der Waals surface area contributed by atoms with Crippen LogP contribution in [0.1, 0.15) is 184 Å². The Hall–Kier alpha value is -7.81. The molecule has 0 spiro atoms. The molecule has 27 heteroatoms. The molecular formula is C89H114BrCl2F6N11O7. The monoisotopic (exact) mass is 1710 g/mol. The van der Waals surface area contributed by atoms with E-state index in [9.17, 15) is 55.1 Å². The molecule has 6 aliphatic heterocycles. The number of urea groups is 1. The van der Waals surface area contributed by atoms with E-state index in [0.717, 1.165) is 127 Å². The second-order valence-electron chi connectivity index (χ2n) is 33.9. The first-order chi connectivity index (χ1) is 55.0. The van der Waals surface area contributed by atoms with Gasteiger partial charge in [0.25, 0.3) is 0 Å². The molecule has 0 aliphatic carbocycles. The number of carbonyl (C=O) groups is 6. The maximum atomic E-state index is 13.6. The number of piperidine rings is 3. The summed E-state index contributed by atoms with van der Waals surface area (Å²) in [4.78, 5) is 98.6. The van der Waals surface area contributed by atoms with Crippen LogP contribution in [-0.4, -0.2) is 207 Å². The Balaban J connectivity index is 0.000000184. The minimum absolute atomic E-state index is 0.0315. The minimum Gasteiger partial charge on any atom is -0.406 e. The zero-order valence-corrected chi connectivity index (χ0v) is 71.3. The van der Waals surface area contributed by atoms with Crippen molar-refractivity contribution in [2.75, 3.05) is 98.2 Å². The molecule has 6 saturated heterocycles. The van der Waals surface area contributed by atoms with Gasteiger partial charge in [0.2, 0.25) is 29.5 Å². The molecule has 12 rings (SSSR count). The topological polar surface area (TPSA) is 180 Å². The summed E-state index contributed by atoms with van der Waals surface area (Å²) in [7, 11) is 0. The third-order valence-corrected chi connectivity index (χ3v) is 24.9. The largest absolute Gasteiger partial charge is 0.573 e. The second-order valence-corrected chi connectivity index (χ2v) is 35.7. The third kappa shape index (κ3) is 25.1. The summed E-state index contributed by atoms with van der Waals surface area (Å²) in [5.41, 5.74) is 10.3. The van der Waals surface area contributed by atoms with Crippen LogP contribution in [0.4, 0.5) is 31.1 Å². The van der Waals surface area contributed by atoms with Gasteiger partial charge in [-0.2, -0.15) is 13.2 Å². The molecule has 7 heterocycles. The van der Waals surface area contributed by atoms with Gasteiger partial charge in [0.15, 0.2) is 0 Å². The molecule has 6 fully saturated rings. The zero-order chi connectivity index (χ0) is 83.9. The number of nitrogens with two attached hydrogens (primary N) is 1. The van der Waals surface area contributed by atoms with Crippen molar-refractivity contribution >= 4 is 74.7 Å². The number of rotatable bonds is 19. The normalized spacial score (nSPS) is 20.1. The van der Waals surface area contributed by atoms with Crippen molar-refractivity contribution in [3.8, 4) is 5.75 Å². The molecule has 1 aromatic heterocycles. The minimum atomic E-state index is -4.75. The molecule has 6 aliphatic rings.